The molecule has 0 saturated heterocycles. The van der Waals surface area contributed by atoms with Gasteiger partial charge in [0.25, 0.3) is 0 Å². The van der Waals surface area contributed by atoms with Crippen molar-refractivity contribution >= 4 is 5.97 Å². The molecular weight excluding hydrogens is 224 g/mol. The number of rotatable bonds is 0. The molecule has 2 heteroatoms. The van der Waals surface area contributed by atoms with Crippen LogP contribution in [0, 0.1) is 11.8 Å². The molecule has 102 valence electrons. The Bertz CT molecular complexity index is 285. The molecule has 0 spiro atoms. The molecule has 0 aromatic carbocycles. The summed E-state index contributed by atoms with van der Waals surface area (Å²) in [6.45, 7) is 1.96. The van der Waals surface area contributed by atoms with Gasteiger partial charge in [-0.3, -0.25) is 0 Å². The van der Waals surface area contributed by atoms with Crippen LogP contribution in [0.25, 0.3) is 0 Å². The Kier molecular flexibility index (Phi) is 8.38. The summed E-state index contributed by atoms with van der Waals surface area (Å²) in [4.78, 5) is 11.4. The summed E-state index contributed by atoms with van der Waals surface area (Å²) in [6.07, 6.45) is 13.3. The fourth-order valence-corrected chi connectivity index (χ4v) is 2.29. The number of carbonyl (C=O) groups is 1. The van der Waals surface area contributed by atoms with E-state index in [-0.39, 0.29) is 12.1 Å². The molecule has 1 aliphatic heterocycles. The highest BCUT2D eigenvalue weighted by Crippen LogP contribution is 2.13. The maximum Gasteiger partial charge on any atom is 0.384 e. The first-order valence-corrected chi connectivity index (χ1v) is 7.48. The molecule has 0 aromatic rings. The highest BCUT2D eigenvalue weighted by atomic mass is 16.5. The molecule has 0 aliphatic carbocycles. The summed E-state index contributed by atoms with van der Waals surface area (Å²) in [6, 6.07) is 0. The molecule has 1 atom stereocenters. The van der Waals surface area contributed by atoms with Crippen molar-refractivity contribution in [1.29, 1.82) is 0 Å². The number of hydrogen-bond acceptors (Lipinski definition) is 2. The van der Waals surface area contributed by atoms with Gasteiger partial charge in [0.05, 0.1) is 0 Å². The van der Waals surface area contributed by atoms with Gasteiger partial charge in [-0.2, -0.15) is 0 Å². The second-order valence-corrected chi connectivity index (χ2v) is 5.24. The van der Waals surface area contributed by atoms with Crippen molar-refractivity contribution in [2.75, 3.05) is 0 Å². The lowest BCUT2D eigenvalue weighted by molar-refractivity contribution is -0.141. The van der Waals surface area contributed by atoms with E-state index in [9.17, 15) is 4.79 Å². The number of carbonyl (C=O) groups excluding carboxylic acids is 1. The topological polar surface area (TPSA) is 26.3 Å². The first kappa shape index (κ1) is 15.1. The maximum absolute atomic E-state index is 11.4. The van der Waals surface area contributed by atoms with Gasteiger partial charge in [-0.15, -0.1) is 0 Å². The van der Waals surface area contributed by atoms with Crippen LogP contribution in [0.4, 0.5) is 0 Å². The molecule has 0 bridgehead atoms. The summed E-state index contributed by atoms with van der Waals surface area (Å²) < 4.78 is 5.24. The monoisotopic (exact) mass is 250 g/mol. The van der Waals surface area contributed by atoms with Crippen molar-refractivity contribution in [2.24, 2.45) is 0 Å². The molecule has 0 fully saturated rings. The highest BCUT2D eigenvalue weighted by Gasteiger charge is 2.06. The molecule has 18 heavy (non-hydrogen) atoms. The van der Waals surface area contributed by atoms with Gasteiger partial charge in [-0.25, -0.2) is 4.79 Å². The molecule has 2 nitrogen and oxygen atoms in total. The summed E-state index contributed by atoms with van der Waals surface area (Å²) in [5, 5.41) is 0. The zero-order valence-corrected chi connectivity index (χ0v) is 11.7. The minimum Gasteiger partial charge on any atom is -0.453 e. The Hall–Kier alpha value is -0.970. The van der Waals surface area contributed by atoms with E-state index >= 15 is 0 Å². The molecule has 0 amide bonds. The van der Waals surface area contributed by atoms with Crippen LogP contribution >= 0.6 is 0 Å². The molecule has 1 aliphatic rings. The minimum atomic E-state index is -0.352. The average molecular weight is 250 g/mol. The third-order valence-electron chi connectivity index (χ3n) is 3.41. The van der Waals surface area contributed by atoms with E-state index in [1.165, 1.54) is 44.9 Å². The van der Waals surface area contributed by atoms with Crippen LogP contribution in [-0.2, 0) is 9.53 Å². The summed E-state index contributed by atoms with van der Waals surface area (Å²) in [5.41, 5.74) is 0. The molecule has 0 radical (unpaired) electrons. The number of cyclic esters (lactones) is 1. The van der Waals surface area contributed by atoms with Gasteiger partial charge in [0, 0.05) is 12.3 Å². The van der Waals surface area contributed by atoms with Crippen LogP contribution in [0.2, 0.25) is 0 Å². The molecule has 0 saturated carbocycles. The fourth-order valence-electron chi connectivity index (χ4n) is 2.29. The van der Waals surface area contributed by atoms with Crippen molar-refractivity contribution in [2.45, 2.75) is 83.7 Å². The molecule has 0 aromatic heterocycles. The minimum absolute atomic E-state index is 0.0136. The van der Waals surface area contributed by atoms with E-state index in [0.717, 1.165) is 25.7 Å². The van der Waals surface area contributed by atoms with E-state index in [1.54, 1.807) is 0 Å². The Morgan fingerprint density at radius 2 is 1.50 bits per heavy atom. The summed E-state index contributed by atoms with van der Waals surface area (Å²) in [5.74, 6) is 5.14. The highest BCUT2D eigenvalue weighted by molar-refractivity contribution is 5.88. The van der Waals surface area contributed by atoms with Gasteiger partial charge in [0.2, 0.25) is 0 Å². The van der Waals surface area contributed by atoms with Crippen LogP contribution in [0.15, 0.2) is 0 Å². The average Bonchev–Trinajstić information content (AvgIpc) is 2.33. The largest absolute Gasteiger partial charge is 0.453 e. The maximum atomic E-state index is 11.4. The normalized spacial score (nSPS) is 24.7. The van der Waals surface area contributed by atoms with E-state index in [1.807, 2.05) is 6.92 Å². The third-order valence-corrected chi connectivity index (χ3v) is 3.41. The lowest BCUT2D eigenvalue weighted by Gasteiger charge is -2.10. The fraction of sp³-hybridized carbons (Fsp3) is 0.812. The smallest absolute Gasteiger partial charge is 0.384 e. The van der Waals surface area contributed by atoms with E-state index in [0.29, 0.717) is 0 Å². The molecular formula is C16H26O2. The van der Waals surface area contributed by atoms with Gasteiger partial charge in [0.1, 0.15) is 6.10 Å². The van der Waals surface area contributed by atoms with Gasteiger partial charge in [-0.05, 0) is 26.2 Å². The standard InChI is InChI=1S/C16H26O2/c1-15-13-11-9-7-5-3-2-4-6-8-10-12-14-16(17)18-15/h15H,2-11,13H2,1H3. The van der Waals surface area contributed by atoms with Gasteiger partial charge >= 0.3 is 5.97 Å². The van der Waals surface area contributed by atoms with Crippen LogP contribution in [0.5, 0.6) is 0 Å². The lowest BCUT2D eigenvalue weighted by Crippen LogP contribution is -2.13. The zero-order valence-electron chi connectivity index (χ0n) is 11.7. The van der Waals surface area contributed by atoms with Crippen molar-refractivity contribution in [3.8, 4) is 11.8 Å². The van der Waals surface area contributed by atoms with Crippen molar-refractivity contribution in [3.63, 3.8) is 0 Å². The van der Waals surface area contributed by atoms with Gasteiger partial charge in [0.15, 0.2) is 0 Å². The van der Waals surface area contributed by atoms with E-state index in [4.69, 9.17) is 4.74 Å². The second kappa shape index (κ2) is 10.00. The van der Waals surface area contributed by atoms with Crippen LogP contribution in [0.3, 0.4) is 0 Å². The van der Waals surface area contributed by atoms with Crippen molar-refractivity contribution in [3.05, 3.63) is 0 Å². The SMILES string of the molecule is CC1CCCCCCCCCCCC#CC(=O)O1. The third kappa shape index (κ3) is 8.17. The van der Waals surface area contributed by atoms with Crippen LogP contribution in [-0.4, -0.2) is 12.1 Å². The molecule has 1 heterocycles. The second-order valence-electron chi connectivity index (χ2n) is 5.24. The Labute approximate surface area is 111 Å². The predicted octanol–water partition coefficient (Wildman–Crippen LogP) is 4.23. The number of esters is 1. The first-order chi connectivity index (χ1) is 8.79. The van der Waals surface area contributed by atoms with Crippen molar-refractivity contribution < 1.29 is 9.53 Å². The Balaban J connectivity index is 2.33. The van der Waals surface area contributed by atoms with Gasteiger partial charge in [-0.1, -0.05) is 50.9 Å². The number of hydrogen-bond donors (Lipinski definition) is 0. The van der Waals surface area contributed by atoms with E-state index in [2.05, 4.69) is 11.8 Å². The lowest BCUT2D eigenvalue weighted by atomic mass is 10.0. The molecule has 1 unspecified atom stereocenters. The van der Waals surface area contributed by atoms with Crippen LogP contribution in [0.1, 0.15) is 77.6 Å². The quantitative estimate of drug-likeness (QED) is 0.365. The summed E-state index contributed by atoms with van der Waals surface area (Å²) in [7, 11) is 0. The molecule has 1 rings (SSSR count). The Morgan fingerprint density at radius 1 is 0.944 bits per heavy atom. The van der Waals surface area contributed by atoms with E-state index < -0.39 is 0 Å². The van der Waals surface area contributed by atoms with Crippen molar-refractivity contribution in [1.82, 2.24) is 0 Å². The Morgan fingerprint density at radius 3 is 2.17 bits per heavy atom. The summed E-state index contributed by atoms with van der Waals surface area (Å²) >= 11 is 0. The molecule has 0 N–H and O–H groups in total. The zero-order chi connectivity index (χ0) is 13.1. The van der Waals surface area contributed by atoms with Gasteiger partial charge < -0.3 is 4.74 Å². The first-order valence-electron chi connectivity index (χ1n) is 7.48. The van der Waals surface area contributed by atoms with Crippen LogP contribution < -0.4 is 0 Å². The number of ether oxygens (including phenoxy) is 1. The predicted molar refractivity (Wildman–Crippen MR) is 74.1 cm³/mol.